The van der Waals surface area contributed by atoms with Crippen LogP contribution in [0.2, 0.25) is 10.0 Å². The van der Waals surface area contributed by atoms with Gasteiger partial charge in [0.15, 0.2) is 0 Å². The van der Waals surface area contributed by atoms with Crippen LogP contribution in [0.25, 0.3) is 0 Å². The molecule has 162 valence electrons. The molecule has 0 aromatic heterocycles. The van der Waals surface area contributed by atoms with Gasteiger partial charge in [0.1, 0.15) is 5.75 Å². The lowest BCUT2D eigenvalue weighted by Crippen LogP contribution is -2.16. The van der Waals surface area contributed by atoms with E-state index in [1.54, 1.807) is 12.1 Å². The predicted octanol–water partition coefficient (Wildman–Crippen LogP) is 5.67. The molecule has 0 radical (unpaired) electrons. The van der Waals surface area contributed by atoms with Gasteiger partial charge in [0.2, 0.25) is 0 Å². The largest absolute Gasteiger partial charge is 0.495 e. The second-order valence-corrected chi connectivity index (χ2v) is 9.32. The zero-order valence-electron chi connectivity index (χ0n) is 17.0. The fraction of sp³-hybridized carbons (Fsp3) is 0.136. The highest BCUT2D eigenvalue weighted by Gasteiger charge is 2.20. The van der Waals surface area contributed by atoms with E-state index in [2.05, 4.69) is 10.0 Å². The van der Waals surface area contributed by atoms with Crippen molar-refractivity contribution >= 4 is 50.5 Å². The average molecular weight is 479 g/mol. The maximum Gasteiger partial charge on any atom is 0.261 e. The predicted molar refractivity (Wildman–Crippen MR) is 124 cm³/mol. The average Bonchev–Trinajstić information content (AvgIpc) is 2.71. The van der Waals surface area contributed by atoms with Crippen LogP contribution in [0.4, 0.5) is 11.4 Å². The van der Waals surface area contributed by atoms with Gasteiger partial charge in [0, 0.05) is 5.02 Å². The molecular weight excluding hydrogens is 459 g/mol. The second-order valence-electron chi connectivity index (χ2n) is 6.79. The summed E-state index contributed by atoms with van der Waals surface area (Å²) < 4.78 is 33.8. The van der Waals surface area contributed by atoms with E-state index in [0.717, 1.165) is 11.1 Å². The Morgan fingerprint density at radius 3 is 2.39 bits per heavy atom. The number of hydrogen-bond acceptors (Lipinski definition) is 4. The molecule has 3 aromatic carbocycles. The molecule has 1 amide bonds. The van der Waals surface area contributed by atoms with Crippen molar-refractivity contribution in [2.45, 2.75) is 18.7 Å². The number of ether oxygens (including phenoxy) is 1. The lowest BCUT2D eigenvalue weighted by Gasteiger charge is -2.15. The summed E-state index contributed by atoms with van der Waals surface area (Å²) in [5.74, 6) is -0.235. The Kier molecular flexibility index (Phi) is 6.79. The fourth-order valence-corrected chi connectivity index (χ4v) is 4.52. The van der Waals surface area contributed by atoms with E-state index in [1.165, 1.54) is 43.5 Å². The first-order chi connectivity index (χ1) is 14.6. The molecule has 0 atom stereocenters. The van der Waals surface area contributed by atoms with E-state index < -0.39 is 15.9 Å². The molecule has 6 nitrogen and oxygen atoms in total. The zero-order chi connectivity index (χ0) is 22.8. The number of sulfonamides is 1. The van der Waals surface area contributed by atoms with Crippen LogP contribution in [0.5, 0.6) is 5.75 Å². The molecule has 2 N–H and O–H groups in total. The van der Waals surface area contributed by atoms with Crippen molar-refractivity contribution in [1.82, 2.24) is 0 Å². The van der Waals surface area contributed by atoms with Crippen LogP contribution in [-0.4, -0.2) is 21.4 Å². The van der Waals surface area contributed by atoms with Crippen molar-refractivity contribution in [3.05, 3.63) is 81.3 Å². The molecule has 0 fully saturated rings. The molecule has 0 heterocycles. The second kappa shape index (κ2) is 9.18. The minimum atomic E-state index is -3.91. The Hall–Kier alpha value is -2.74. The molecule has 0 bridgehead atoms. The Morgan fingerprint density at radius 2 is 1.71 bits per heavy atom. The van der Waals surface area contributed by atoms with Crippen LogP contribution >= 0.6 is 23.2 Å². The highest BCUT2D eigenvalue weighted by atomic mass is 35.5. The number of rotatable bonds is 6. The molecule has 0 unspecified atom stereocenters. The summed E-state index contributed by atoms with van der Waals surface area (Å²) in [6, 6.07) is 14.0. The van der Waals surface area contributed by atoms with Crippen LogP contribution in [0.15, 0.2) is 59.5 Å². The molecule has 3 aromatic rings. The van der Waals surface area contributed by atoms with Crippen LogP contribution in [0, 0.1) is 13.8 Å². The first kappa shape index (κ1) is 22.9. The number of benzene rings is 3. The lowest BCUT2D eigenvalue weighted by atomic mass is 10.1. The SMILES string of the molecule is COc1ccc(S(=O)(=O)Nc2cccc(C)c2C)cc1NC(=O)c1ccc(Cl)cc1Cl. The number of amides is 1. The van der Waals surface area contributed by atoms with Crippen LogP contribution in [0.3, 0.4) is 0 Å². The van der Waals surface area contributed by atoms with E-state index in [9.17, 15) is 13.2 Å². The number of nitrogens with one attached hydrogen (secondary N) is 2. The van der Waals surface area contributed by atoms with Gasteiger partial charge >= 0.3 is 0 Å². The first-order valence-corrected chi connectivity index (χ1v) is 11.4. The molecule has 0 aliphatic rings. The third kappa shape index (κ3) is 5.12. The summed E-state index contributed by atoms with van der Waals surface area (Å²) in [4.78, 5) is 12.7. The third-order valence-electron chi connectivity index (χ3n) is 4.75. The Bertz CT molecular complexity index is 1260. The Labute approximate surface area is 191 Å². The van der Waals surface area contributed by atoms with Crippen LogP contribution in [-0.2, 0) is 10.0 Å². The van der Waals surface area contributed by atoms with Gasteiger partial charge in [-0.1, -0.05) is 35.3 Å². The van der Waals surface area contributed by atoms with E-state index in [-0.39, 0.29) is 21.2 Å². The van der Waals surface area contributed by atoms with Crippen molar-refractivity contribution in [3.8, 4) is 5.75 Å². The van der Waals surface area contributed by atoms with Crippen molar-refractivity contribution in [2.24, 2.45) is 0 Å². The van der Waals surface area contributed by atoms with Gasteiger partial charge in [0.05, 0.1) is 34.0 Å². The monoisotopic (exact) mass is 478 g/mol. The highest BCUT2D eigenvalue weighted by Crippen LogP contribution is 2.30. The summed E-state index contributed by atoms with van der Waals surface area (Å²) in [5, 5.41) is 3.22. The number of halogens is 2. The normalized spacial score (nSPS) is 11.1. The van der Waals surface area contributed by atoms with Gasteiger partial charge in [-0.3, -0.25) is 9.52 Å². The third-order valence-corrected chi connectivity index (χ3v) is 6.67. The Morgan fingerprint density at radius 1 is 0.968 bits per heavy atom. The number of hydrogen-bond donors (Lipinski definition) is 2. The molecule has 0 saturated heterocycles. The fourth-order valence-electron chi connectivity index (χ4n) is 2.88. The molecule has 0 aliphatic carbocycles. The van der Waals surface area contributed by atoms with E-state index in [4.69, 9.17) is 27.9 Å². The quantitative estimate of drug-likeness (QED) is 0.477. The molecule has 31 heavy (non-hydrogen) atoms. The van der Waals surface area contributed by atoms with Gasteiger partial charge in [-0.25, -0.2) is 8.42 Å². The van der Waals surface area contributed by atoms with Crippen molar-refractivity contribution in [3.63, 3.8) is 0 Å². The molecular formula is C22H20Cl2N2O4S. The first-order valence-electron chi connectivity index (χ1n) is 9.16. The smallest absolute Gasteiger partial charge is 0.261 e. The number of aryl methyl sites for hydroxylation is 1. The lowest BCUT2D eigenvalue weighted by molar-refractivity contribution is 0.102. The number of carbonyl (C=O) groups is 1. The van der Waals surface area contributed by atoms with Crippen LogP contribution in [0.1, 0.15) is 21.5 Å². The molecule has 0 aliphatic heterocycles. The number of anilines is 2. The van der Waals surface area contributed by atoms with Gasteiger partial charge in [-0.05, 0) is 67.4 Å². The Balaban J connectivity index is 1.94. The van der Waals surface area contributed by atoms with Gasteiger partial charge in [-0.15, -0.1) is 0 Å². The van der Waals surface area contributed by atoms with Gasteiger partial charge in [-0.2, -0.15) is 0 Å². The number of carbonyl (C=O) groups excluding carboxylic acids is 1. The maximum atomic E-state index is 13.0. The van der Waals surface area contributed by atoms with E-state index >= 15 is 0 Å². The summed E-state index contributed by atoms with van der Waals surface area (Å²) in [5.41, 5.74) is 2.64. The van der Waals surface area contributed by atoms with E-state index in [0.29, 0.717) is 16.5 Å². The molecule has 3 rings (SSSR count). The summed E-state index contributed by atoms with van der Waals surface area (Å²) >= 11 is 12.0. The highest BCUT2D eigenvalue weighted by molar-refractivity contribution is 7.92. The topological polar surface area (TPSA) is 84.5 Å². The summed E-state index contributed by atoms with van der Waals surface area (Å²) in [6.45, 7) is 3.73. The van der Waals surface area contributed by atoms with Crippen molar-refractivity contribution < 1.29 is 17.9 Å². The molecule has 0 spiro atoms. The minimum absolute atomic E-state index is 0.0355. The summed E-state index contributed by atoms with van der Waals surface area (Å²) in [6.07, 6.45) is 0. The standard InChI is InChI=1S/C22H20Cl2N2O4S/c1-13-5-4-6-19(14(13)2)26-31(28,29)16-8-10-21(30-3)20(12-16)25-22(27)17-9-7-15(23)11-18(17)24/h4-12,26H,1-3H3,(H,25,27). The van der Waals surface area contributed by atoms with Gasteiger partial charge < -0.3 is 10.1 Å². The van der Waals surface area contributed by atoms with Crippen molar-refractivity contribution in [1.29, 1.82) is 0 Å². The van der Waals surface area contributed by atoms with Crippen molar-refractivity contribution in [2.75, 3.05) is 17.1 Å². The molecule has 0 saturated carbocycles. The van der Waals surface area contributed by atoms with E-state index in [1.807, 2.05) is 19.9 Å². The molecule has 9 heteroatoms. The zero-order valence-corrected chi connectivity index (χ0v) is 19.3. The number of methoxy groups -OCH3 is 1. The minimum Gasteiger partial charge on any atom is -0.495 e. The van der Waals surface area contributed by atoms with Crippen LogP contribution < -0.4 is 14.8 Å². The van der Waals surface area contributed by atoms with Gasteiger partial charge in [0.25, 0.3) is 15.9 Å². The maximum absolute atomic E-state index is 13.0. The summed E-state index contributed by atoms with van der Waals surface area (Å²) in [7, 11) is -2.50.